The van der Waals surface area contributed by atoms with Gasteiger partial charge in [-0.2, -0.15) is 0 Å². The second-order valence-electron chi connectivity index (χ2n) is 16.8. The van der Waals surface area contributed by atoms with Crippen LogP contribution in [0.3, 0.4) is 0 Å². The normalized spacial score (nSPS) is 12.0. The minimum Gasteiger partial charge on any atom is -0.507 e. The van der Waals surface area contributed by atoms with E-state index in [2.05, 4.69) is 0 Å². The first-order chi connectivity index (χ1) is 31.9. The van der Waals surface area contributed by atoms with Crippen LogP contribution >= 0.6 is 0 Å². The van der Waals surface area contributed by atoms with Gasteiger partial charge in [0.2, 0.25) is 0 Å². The lowest BCUT2D eigenvalue weighted by molar-refractivity contribution is 0.257. The number of fused-ring (bicyclic) bond motifs is 6. The van der Waals surface area contributed by atoms with E-state index in [-0.39, 0.29) is 33.9 Å². The van der Waals surface area contributed by atoms with Crippen LogP contribution in [0.4, 0.5) is 4.39 Å². The zero-order valence-corrected chi connectivity index (χ0v) is 35.0. The third-order valence-corrected chi connectivity index (χ3v) is 13.4. The van der Waals surface area contributed by atoms with Crippen molar-refractivity contribution in [1.82, 2.24) is 0 Å². The molecule has 0 unspecified atom stereocenters. The van der Waals surface area contributed by atoms with Crippen molar-refractivity contribution in [1.29, 1.82) is 0 Å². The fourth-order valence-corrected chi connectivity index (χ4v) is 10.4. The number of benzene rings is 12. The maximum atomic E-state index is 20.9. The van der Waals surface area contributed by atoms with Crippen LogP contribution in [-0.4, -0.2) is 15.3 Å². The van der Waals surface area contributed by atoms with Crippen molar-refractivity contribution in [2.24, 2.45) is 0 Å². The molecule has 12 aromatic rings. The second-order valence-corrected chi connectivity index (χ2v) is 16.8. The standard InChI is InChI=1S/C61H39FO3/c62-61(52-34-40-19-4-10-28-46(40)55(58(52)63)49-31-13-22-37-16-1-7-25-43(37)49,53-35-41-20-5-11-29-47(41)56(59(53)64)50-32-14-23-38-17-2-8-26-44(38)50)54-36-42-21-6-12-30-48(42)57(60(54)65)51-33-15-24-39-18-3-9-27-45(39)51/h1-36,63-65H. The van der Waals surface area contributed by atoms with Crippen LogP contribution in [0.25, 0.3) is 98.0 Å². The second kappa shape index (κ2) is 14.8. The van der Waals surface area contributed by atoms with Crippen molar-refractivity contribution >= 4 is 64.6 Å². The Morgan fingerprint density at radius 3 is 0.785 bits per heavy atom. The SMILES string of the molecule is Oc1c(C(F)(c2cc3ccccc3c(-c3cccc4ccccc34)c2O)c2cc3ccccc3c(-c3cccc4ccccc34)c2O)cc2ccccc2c1-c1cccc2ccccc12. The average molecular weight is 839 g/mol. The monoisotopic (exact) mass is 838 g/mol. The summed E-state index contributed by atoms with van der Waals surface area (Å²) in [6.07, 6.45) is 0. The highest BCUT2D eigenvalue weighted by Gasteiger charge is 2.46. The maximum absolute atomic E-state index is 20.9. The summed E-state index contributed by atoms with van der Waals surface area (Å²) < 4.78 is 20.9. The molecule has 0 aliphatic rings. The van der Waals surface area contributed by atoms with E-state index in [0.29, 0.717) is 32.8 Å². The molecule has 3 N–H and O–H groups in total. The number of alkyl halides is 1. The summed E-state index contributed by atoms with van der Waals surface area (Å²) in [5.41, 5.74) is 0.240. The van der Waals surface area contributed by atoms with Gasteiger partial charge in [0.05, 0.1) is 0 Å². The van der Waals surface area contributed by atoms with E-state index < -0.39 is 5.67 Å². The quantitative estimate of drug-likeness (QED) is 0.146. The third-order valence-electron chi connectivity index (χ3n) is 13.4. The summed E-state index contributed by atoms with van der Waals surface area (Å²) >= 11 is 0. The number of hydrogen-bond donors (Lipinski definition) is 3. The number of phenols is 3. The molecule has 65 heavy (non-hydrogen) atoms. The number of rotatable bonds is 6. The van der Waals surface area contributed by atoms with E-state index in [4.69, 9.17) is 0 Å². The van der Waals surface area contributed by atoms with E-state index in [0.717, 1.165) is 65.2 Å². The largest absolute Gasteiger partial charge is 0.507 e. The Bertz CT molecular complexity index is 3490. The molecule has 308 valence electrons. The van der Waals surface area contributed by atoms with Crippen LogP contribution in [-0.2, 0) is 5.67 Å². The van der Waals surface area contributed by atoms with E-state index in [9.17, 15) is 15.3 Å². The Morgan fingerprint density at radius 2 is 0.492 bits per heavy atom. The molecule has 0 saturated heterocycles. The van der Waals surface area contributed by atoms with E-state index in [1.807, 2.05) is 200 Å². The van der Waals surface area contributed by atoms with Crippen molar-refractivity contribution < 1.29 is 19.7 Å². The summed E-state index contributed by atoms with van der Waals surface area (Å²) in [6.45, 7) is 0. The van der Waals surface area contributed by atoms with Crippen LogP contribution < -0.4 is 0 Å². The van der Waals surface area contributed by atoms with Gasteiger partial charge in [-0.25, -0.2) is 4.39 Å². The first-order valence-electron chi connectivity index (χ1n) is 21.8. The minimum atomic E-state index is -2.89. The van der Waals surface area contributed by atoms with Gasteiger partial charge in [-0.1, -0.05) is 200 Å². The molecule has 0 bridgehead atoms. The van der Waals surface area contributed by atoms with Crippen molar-refractivity contribution in [2.75, 3.05) is 0 Å². The lowest BCUT2D eigenvalue weighted by atomic mass is 9.75. The van der Waals surface area contributed by atoms with Gasteiger partial charge < -0.3 is 15.3 Å². The molecule has 12 aromatic carbocycles. The van der Waals surface area contributed by atoms with Gasteiger partial charge in [0.25, 0.3) is 0 Å². The molecule has 0 heterocycles. The van der Waals surface area contributed by atoms with Crippen molar-refractivity contribution in [2.45, 2.75) is 5.67 Å². The highest BCUT2D eigenvalue weighted by atomic mass is 19.1. The summed E-state index contributed by atoms with van der Waals surface area (Å²) in [5, 5.41) is 49.4. The maximum Gasteiger partial charge on any atom is 0.196 e. The van der Waals surface area contributed by atoms with Crippen LogP contribution in [0.15, 0.2) is 218 Å². The zero-order valence-electron chi connectivity index (χ0n) is 35.0. The molecule has 0 fully saturated rings. The predicted molar refractivity (Wildman–Crippen MR) is 267 cm³/mol. The highest BCUT2D eigenvalue weighted by molar-refractivity contribution is 6.12. The summed E-state index contributed by atoms with van der Waals surface area (Å²) in [6, 6.07) is 69.6. The van der Waals surface area contributed by atoms with Gasteiger partial charge in [-0.15, -0.1) is 0 Å². The fraction of sp³-hybridized carbons (Fsp3) is 0.0164. The molecule has 0 aliphatic carbocycles. The Balaban J connectivity index is 1.28. The van der Waals surface area contributed by atoms with Gasteiger partial charge in [0, 0.05) is 33.4 Å². The van der Waals surface area contributed by atoms with E-state index in [1.54, 1.807) is 18.2 Å². The molecule has 0 radical (unpaired) electrons. The zero-order chi connectivity index (χ0) is 43.8. The Morgan fingerprint density at radius 1 is 0.262 bits per heavy atom. The first kappa shape index (κ1) is 38.2. The number of phenolic OH excluding ortho intramolecular Hbond substituents is 3. The smallest absolute Gasteiger partial charge is 0.196 e. The van der Waals surface area contributed by atoms with E-state index >= 15 is 4.39 Å². The molecule has 0 amide bonds. The van der Waals surface area contributed by atoms with Gasteiger partial charge in [0.15, 0.2) is 5.67 Å². The molecule has 0 aliphatic heterocycles. The summed E-state index contributed by atoms with van der Waals surface area (Å²) in [5.74, 6) is -0.914. The molecular weight excluding hydrogens is 800 g/mol. The topological polar surface area (TPSA) is 60.7 Å². The molecule has 0 aromatic heterocycles. The van der Waals surface area contributed by atoms with Gasteiger partial charge >= 0.3 is 0 Å². The summed E-state index contributed by atoms with van der Waals surface area (Å²) in [4.78, 5) is 0. The van der Waals surface area contributed by atoms with Crippen LogP contribution in [0.2, 0.25) is 0 Å². The number of hydrogen-bond acceptors (Lipinski definition) is 3. The van der Waals surface area contributed by atoms with E-state index in [1.165, 1.54) is 0 Å². The molecule has 12 rings (SSSR count). The van der Waals surface area contributed by atoms with Gasteiger partial charge in [-0.3, -0.25) is 0 Å². The first-order valence-corrected chi connectivity index (χ1v) is 21.8. The highest BCUT2D eigenvalue weighted by Crippen LogP contribution is 2.58. The minimum absolute atomic E-state index is 0.122. The van der Waals surface area contributed by atoms with Crippen LogP contribution in [0.1, 0.15) is 16.7 Å². The molecule has 0 saturated carbocycles. The van der Waals surface area contributed by atoms with Crippen LogP contribution in [0, 0.1) is 0 Å². The lowest BCUT2D eigenvalue weighted by Crippen LogP contribution is -2.25. The molecule has 3 nitrogen and oxygen atoms in total. The van der Waals surface area contributed by atoms with Gasteiger partial charge in [0.1, 0.15) is 17.2 Å². The Hall–Kier alpha value is -8.47. The van der Waals surface area contributed by atoms with Gasteiger partial charge in [-0.05, 0) is 99.5 Å². The summed E-state index contributed by atoms with van der Waals surface area (Å²) in [7, 11) is 0. The molecular formula is C61H39FO3. The Kier molecular flexibility index (Phi) is 8.72. The lowest BCUT2D eigenvalue weighted by Gasteiger charge is -2.33. The average Bonchev–Trinajstić information content (AvgIpc) is 3.35. The van der Waals surface area contributed by atoms with Crippen molar-refractivity contribution in [3.05, 3.63) is 235 Å². The molecule has 4 heteroatoms. The number of halogens is 1. The Labute approximate surface area is 374 Å². The van der Waals surface area contributed by atoms with Crippen molar-refractivity contribution in [3.8, 4) is 50.6 Å². The molecule has 0 spiro atoms. The fourth-order valence-electron chi connectivity index (χ4n) is 10.4. The molecule has 0 atom stereocenters. The third kappa shape index (κ3) is 5.81. The van der Waals surface area contributed by atoms with Crippen LogP contribution in [0.5, 0.6) is 17.2 Å². The van der Waals surface area contributed by atoms with Crippen molar-refractivity contribution in [3.63, 3.8) is 0 Å². The predicted octanol–water partition coefficient (Wildman–Crippen LogP) is 16.0. The number of aromatic hydroxyl groups is 3.